The highest BCUT2D eigenvalue weighted by molar-refractivity contribution is 6.33. The zero-order valence-electron chi connectivity index (χ0n) is 16.6. The molecule has 1 amide bonds. The number of carbonyl (C=O) groups is 1. The molecule has 3 aromatic rings. The fourth-order valence-electron chi connectivity index (χ4n) is 3.00. The first-order chi connectivity index (χ1) is 14.6. The maximum atomic E-state index is 14.5. The Kier molecular flexibility index (Phi) is 6.21. The first kappa shape index (κ1) is 22.5. The number of hydrogen-bond donors (Lipinski definition) is 1. The van der Waals surface area contributed by atoms with E-state index in [1.54, 1.807) is 6.92 Å². The van der Waals surface area contributed by atoms with Gasteiger partial charge in [-0.2, -0.15) is 18.3 Å². The van der Waals surface area contributed by atoms with Gasteiger partial charge in [-0.25, -0.2) is 9.07 Å². The van der Waals surface area contributed by atoms with Gasteiger partial charge >= 0.3 is 6.18 Å². The molecule has 0 aliphatic rings. The van der Waals surface area contributed by atoms with E-state index in [4.69, 9.17) is 16.1 Å². The molecule has 0 aliphatic heterocycles. The van der Waals surface area contributed by atoms with Crippen molar-refractivity contribution in [2.24, 2.45) is 0 Å². The molecule has 3 rings (SSSR count). The van der Waals surface area contributed by atoms with Crippen LogP contribution in [0.3, 0.4) is 0 Å². The number of alkyl halides is 3. The van der Waals surface area contributed by atoms with Gasteiger partial charge in [0.2, 0.25) is 5.91 Å². The smallest absolute Gasteiger partial charge is 0.355 e. The molecular formula is C20H17ClF4N4O2. The lowest BCUT2D eigenvalue weighted by Crippen LogP contribution is -2.20. The van der Waals surface area contributed by atoms with Gasteiger partial charge in [-0.3, -0.25) is 4.79 Å². The Balaban J connectivity index is 2.30. The lowest BCUT2D eigenvalue weighted by Gasteiger charge is -2.13. The predicted octanol–water partition coefficient (Wildman–Crippen LogP) is 5.53. The summed E-state index contributed by atoms with van der Waals surface area (Å²) in [7, 11) is 0. The van der Waals surface area contributed by atoms with Crippen molar-refractivity contribution in [1.82, 2.24) is 20.3 Å². The van der Waals surface area contributed by atoms with E-state index in [0.29, 0.717) is 0 Å². The van der Waals surface area contributed by atoms with Gasteiger partial charge in [0.25, 0.3) is 0 Å². The van der Waals surface area contributed by atoms with Gasteiger partial charge in [0.15, 0.2) is 11.5 Å². The van der Waals surface area contributed by atoms with Crippen molar-refractivity contribution in [2.45, 2.75) is 33.5 Å². The van der Waals surface area contributed by atoms with Crippen molar-refractivity contribution in [3.05, 3.63) is 52.6 Å². The van der Waals surface area contributed by atoms with Crippen LogP contribution in [0.4, 0.5) is 17.6 Å². The Morgan fingerprint density at radius 2 is 2.03 bits per heavy atom. The van der Waals surface area contributed by atoms with Crippen LogP contribution in [-0.2, 0) is 17.5 Å². The van der Waals surface area contributed by atoms with Crippen molar-refractivity contribution >= 4 is 23.2 Å². The van der Waals surface area contributed by atoms with Crippen LogP contribution in [0, 0.1) is 5.82 Å². The van der Waals surface area contributed by atoms with Gasteiger partial charge in [-0.15, -0.1) is 0 Å². The van der Waals surface area contributed by atoms with E-state index in [2.05, 4.69) is 15.6 Å². The van der Waals surface area contributed by atoms with Crippen molar-refractivity contribution in [2.75, 3.05) is 0 Å². The second-order valence-corrected chi connectivity index (χ2v) is 7.00. The number of benzene rings is 1. The summed E-state index contributed by atoms with van der Waals surface area (Å²) in [6, 6.07) is 3.92. The van der Waals surface area contributed by atoms with Crippen molar-refractivity contribution in [1.29, 1.82) is 0 Å². The number of rotatable bonds is 5. The minimum Gasteiger partial charge on any atom is -0.355 e. The van der Waals surface area contributed by atoms with Crippen molar-refractivity contribution in [3.8, 4) is 22.6 Å². The number of carbonyl (C=O) groups excluding carboxylic acids is 1. The molecular weight excluding hydrogens is 440 g/mol. The summed E-state index contributed by atoms with van der Waals surface area (Å²) in [6.07, 6.45) is -2.33. The van der Waals surface area contributed by atoms with E-state index in [1.807, 2.05) is 0 Å². The van der Waals surface area contributed by atoms with Crippen LogP contribution in [0.2, 0.25) is 5.02 Å². The molecule has 1 aromatic carbocycles. The minimum atomic E-state index is -4.79. The summed E-state index contributed by atoms with van der Waals surface area (Å²) in [5, 5.41) is 10.1. The molecule has 0 spiro atoms. The molecule has 0 fully saturated rings. The summed E-state index contributed by atoms with van der Waals surface area (Å²) in [5.74, 6) is -1.49. The average Bonchev–Trinajstić information content (AvgIpc) is 3.29. The Morgan fingerprint density at radius 1 is 1.32 bits per heavy atom. The summed E-state index contributed by atoms with van der Waals surface area (Å²) in [5.41, 5.74) is -1.49. The van der Waals surface area contributed by atoms with Crippen LogP contribution in [0.15, 0.2) is 35.0 Å². The first-order valence-corrected chi connectivity index (χ1v) is 9.40. The molecule has 1 N–H and O–H groups in total. The van der Waals surface area contributed by atoms with Crippen LogP contribution in [0.1, 0.15) is 32.0 Å². The summed E-state index contributed by atoms with van der Waals surface area (Å²) in [4.78, 5) is 11.5. The third kappa shape index (κ3) is 4.34. The summed E-state index contributed by atoms with van der Waals surface area (Å²) in [6.45, 7) is 4.01. The van der Waals surface area contributed by atoms with E-state index in [0.717, 1.165) is 16.9 Å². The van der Waals surface area contributed by atoms with Gasteiger partial charge in [-0.05, 0) is 26.0 Å². The average molecular weight is 457 g/mol. The lowest BCUT2D eigenvalue weighted by atomic mass is 10.0. The minimum absolute atomic E-state index is 0.0135. The molecule has 0 unspecified atom stereocenters. The standard InChI is InChI=1S/C20H17ClF4N4O2/c1-4-10(2)29-19(20(23,24)25)13(9-27-29)18-12(8-26-11(3)30)17(28-31-18)16-14(21)6-5-7-15(16)22/h4-7,9H,8H2,1-3H3,(H,26,30)/b10-4+. The summed E-state index contributed by atoms with van der Waals surface area (Å²) < 4.78 is 62.2. The number of hydrogen-bond acceptors (Lipinski definition) is 4. The molecule has 6 nitrogen and oxygen atoms in total. The fourth-order valence-corrected chi connectivity index (χ4v) is 3.25. The van der Waals surface area contributed by atoms with E-state index in [9.17, 15) is 22.4 Å². The third-order valence-electron chi connectivity index (χ3n) is 4.54. The fraction of sp³-hybridized carbons (Fsp3) is 0.250. The monoisotopic (exact) mass is 456 g/mol. The topological polar surface area (TPSA) is 73.0 Å². The third-order valence-corrected chi connectivity index (χ3v) is 4.85. The zero-order chi connectivity index (χ0) is 22.9. The van der Waals surface area contributed by atoms with Crippen LogP contribution in [0.5, 0.6) is 0 Å². The normalized spacial score (nSPS) is 12.3. The maximum Gasteiger partial charge on any atom is 0.434 e. The maximum absolute atomic E-state index is 14.5. The van der Waals surface area contributed by atoms with E-state index >= 15 is 0 Å². The molecule has 2 heterocycles. The molecule has 164 valence electrons. The zero-order valence-corrected chi connectivity index (χ0v) is 17.4. The quantitative estimate of drug-likeness (QED) is 0.512. The molecule has 0 radical (unpaired) electrons. The highest BCUT2D eigenvalue weighted by atomic mass is 35.5. The van der Waals surface area contributed by atoms with Crippen LogP contribution >= 0.6 is 11.6 Å². The number of nitrogens with zero attached hydrogens (tertiary/aromatic N) is 3. The van der Waals surface area contributed by atoms with E-state index in [1.165, 1.54) is 32.1 Å². The molecule has 0 bridgehead atoms. The number of amides is 1. The van der Waals surface area contributed by atoms with Crippen molar-refractivity contribution < 1.29 is 26.9 Å². The van der Waals surface area contributed by atoms with E-state index in [-0.39, 0.29) is 39.8 Å². The molecule has 0 atom stereocenters. The van der Waals surface area contributed by atoms with Gasteiger partial charge < -0.3 is 9.84 Å². The highest BCUT2D eigenvalue weighted by Gasteiger charge is 2.41. The van der Waals surface area contributed by atoms with Gasteiger partial charge in [0, 0.05) is 24.7 Å². The van der Waals surface area contributed by atoms with Gasteiger partial charge in [-0.1, -0.05) is 28.9 Å². The van der Waals surface area contributed by atoms with Crippen molar-refractivity contribution in [3.63, 3.8) is 0 Å². The number of halogens is 5. The van der Waals surface area contributed by atoms with Gasteiger partial charge in [0.1, 0.15) is 11.5 Å². The molecule has 11 heteroatoms. The molecule has 0 saturated carbocycles. The Labute approximate surface area is 179 Å². The highest BCUT2D eigenvalue weighted by Crippen LogP contribution is 2.42. The SMILES string of the molecule is C/C=C(\C)n1ncc(-c2onc(-c3c(F)cccc3Cl)c2CNC(C)=O)c1C(F)(F)F. The van der Waals surface area contributed by atoms with Crippen LogP contribution in [0.25, 0.3) is 28.3 Å². The second-order valence-electron chi connectivity index (χ2n) is 6.59. The Bertz CT molecular complexity index is 1140. The summed E-state index contributed by atoms with van der Waals surface area (Å²) >= 11 is 6.11. The molecule has 0 saturated heterocycles. The van der Waals surface area contributed by atoms with E-state index < -0.39 is 29.2 Å². The van der Waals surface area contributed by atoms with Crippen LogP contribution < -0.4 is 5.32 Å². The van der Waals surface area contributed by atoms with Gasteiger partial charge in [0.05, 0.1) is 22.3 Å². The molecule has 2 aromatic heterocycles. The predicted molar refractivity (Wildman–Crippen MR) is 106 cm³/mol. The van der Waals surface area contributed by atoms with Crippen LogP contribution in [-0.4, -0.2) is 20.8 Å². The first-order valence-electron chi connectivity index (χ1n) is 9.02. The number of nitrogens with one attached hydrogen (secondary N) is 1. The number of allylic oxidation sites excluding steroid dienone is 2. The molecule has 31 heavy (non-hydrogen) atoms. The Morgan fingerprint density at radius 3 is 2.61 bits per heavy atom. The second kappa shape index (κ2) is 8.54. The Hall–Kier alpha value is -3.14. The largest absolute Gasteiger partial charge is 0.434 e. The molecule has 0 aliphatic carbocycles. The lowest BCUT2D eigenvalue weighted by molar-refractivity contribution is -0.142. The number of aromatic nitrogens is 3.